The predicted octanol–water partition coefficient (Wildman–Crippen LogP) is 3.54. The van der Waals surface area contributed by atoms with E-state index in [0.717, 1.165) is 17.5 Å². The van der Waals surface area contributed by atoms with E-state index in [1.54, 1.807) is 28.9 Å². The SMILES string of the molecule is O=C(O)c1nnn(CCc2ccccc2)c1-c1ccc(Cl)cc1. The summed E-state index contributed by atoms with van der Waals surface area (Å²) in [6, 6.07) is 16.9. The highest BCUT2D eigenvalue weighted by molar-refractivity contribution is 6.30. The number of hydrogen-bond donors (Lipinski definition) is 1. The van der Waals surface area contributed by atoms with Crippen LogP contribution in [0.3, 0.4) is 0 Å². The van der Waals surface area contributed by atoms with Crippen LogP contribution in [0.1, 0.15) is 16.1 Å². The molecule has 0 unspecified atom stereocenters. The average molecular weight is 328 g/mol. The third-order valence-electron chi connectivity index (χ3n) is 3.51. The van der Waals surface area contributed by atoms with Crippen molar-refractivity contribution in [1.82, 2.24) is 15.0 Å². The molecule has 0 amide bonds. The topological polar surface area (TPSA) is 68.0 Å². The van der Waals surface area contributed by atoms with Gasteiger partial charge in [-0.05, 0) is 24.1 Å². The van der Waals surface area contributed by atoms with E-state index >= 15 is 0 Å². The van der Waals surface area contributed by atoms with Crippen molar-refractivity contribution in [2.24, 2.45) is 0 Å². The van der Waals surface area contributed by atoms with Gasteiger partial charge in [0.25, 0.3) is 0 Å². The molecule has 116 valence electrons. The van der Waals surface area contributed by atoms with Crippen molar-refractivity contribution in [1.29, 1.82) is 0 Å². The van der Waals surface area contributed by atoms with E-state index in [1.807, 2.05) is 30.3 Å². The van der Waals surface area contributed by atoms with E-state index in [4.69, 9.17) is 11.6 Å². The molecule has 2 aromatic carbocycles. The van der Waals surface area contributed by atoms with Gasteiger partial charge < -0.3 is 5.11 Å². The number of rotatable bonds is 5. The van der Waals surface area contributed by atoms with Crippen molar-refractivity contribution in [3.63, 3.8) is 0 Å². The van der Waals surface area contributed by atoms with Gasteiger partial charge in [0.05, 0.1) is 0 Å². The second kappa shape index (κ2) is 6.62. The van der Waals surface area contributed by atoms with Crippen molar-refractivity contribution in [2.45, 2.75) is 13.0 Å². The standard InChI is InChI=1S/C17H14ClN3O2/c18-14-8-6-13(7-9-14)16-15(17(22)23)19-20-21(16)11-10-12-4-2-1-3-5-12/h1-9H,10-11H2,(H,22,23). The van der Waals surface area contributed by atoms with E-state index in [2.05, 4.69) is 10.3 Å². The van der Waals surface area contributed by atoms with Gasteiger partial charge in [-0.3, -0.25) is 0 Å². The number of nitrogens with zero attached hydrogens (tertiary/aromatic N) is 3. The first-order valence-corrected chi connectivity index (χ1v) is 7.49. The molecule has 0 spiro atoms. The number of aromatic nitrogens is 3. The van der Waals surface area contributed by atoms with Crippen molar-refractivity contribution < 1.29 is 9.90 Å². The molecule has 0 atom stereocenters. The second-order valence-electron chi connectivity index (χ2n) is 5.06. The maximum Gasteiger partial charge on any atom is 0.358 e. The highest BCUT2D eigenvalue weighted by Gasteiger charge is 2.20. The van der Waals surface area contributed by atoms with Crippen molar-refractivity contribution in [2.75, 3.05) is 0 Å². The van der Waals surface area contributed by atoms with Gasteiger partial charge in [-0.2, -0.15) is 0 Å². The van der Waals surface area contributed by atoms with Crippen molar-refractivity contribution in [3.05, 3.63) is 70.9 Å². The van der Waals surface area contributed by atoms with Crippen LogP contribution in [0, 0.1) is 0 Å². The first-order chi connectivity index (χ1) is 11.1. The zero-order valence-electron chi connectivity index (χ0n) is 12.2. The van der Waals surface area contributed by atoms with Gasteiger partial charge in [0.2, 0.25) is 0 Å². The molecule has 6 heteroatoms. The molecule has 0 fully saturated rings. The molecule has 0 aliphatic heterocycles. The van der Waals surface area contributed by atoms with Crippen molar-refractivity contribution >= 4 is 17.6 Å². The summed E-state index contributed by atoms with van der Waals surface area (Å²) in [5, 5.41) is 17.7. The Balaban J connectivity index is 1.94. The minimum absolute atomic E-state index is 0.0552. The predicted molar refractivity (Wildman–Crippen MR) is 87.6 cm³/mol. The number of aryl methyl sites for hydroxylation is 2. The normalized spacial score (nSPS) is 10.7. The summed E-state index contributed by atoms with van der Waals surface area (Å²) in [6.07, 6.45) is 0.740. The van der Waals surface area contributed by atoms with Crippen LogP contribution >= 0.6 is 11.6 Å². The van der Waals surface area contributed by atoms with Crippen LogP contribution in [0.4, 0.5) is 0 Å². The Morgan fingerprint density at radius 1 is 1.09 bits per heavy atom. The Bertz CT molecular complexity index is 814. The van der Waals surface area contributed by atoms with E-state index in [-0.39, 0.29) is 5.69 Å². The first-order valence-electron chi connectivity index (χ1n) is 7.12. The third-order valence-corrected chi connectivity index (χ3v) is 3.76. The highest BCUT2D eigenvalue weighted by atomic mass is 35.5. The largest absolute Gasteiger partial charge is 0.476 e. The smallest absolute Gasteiger partial charge is 0.358 e. The van der Waals surface area contributed by atoms with E-state index in [9.17, 15) is 9.90 Å². The van der Waals surface area contributed by atoms with E-state index in [1.165, 1.54) is 0 Å². The fourth-order valence-electron chi connectivity index (χ4n) is 2.39. The zero-order valence-corrected chi connectivity index (χ0v) is 12.9. The van der Waals surface area contributed by atoms with Gasteiger partial charge in [0.1, 0.15) is 5.69 Å². The average Bonchev–Trinajstić information content (AvgIpc) is 2.99. The number of hydrogen-bond acceptors (Lipinski definition) is 3. The monoisotopic (exact) mass is 327 g/mol. The third kappa shape index (κ3) is 3.40. The quantitative estimate of drug-likeness (QED) is 0.778. The molecule has 0 radical (unpaired) electrons. The Kier molecular flexibility index (Phi) is 4.39. The van der Waals surface area contributed by atoms with Crippen LogP contribution in [0.15, 0.2) is 54.6 Å². The summed E-state index contributed by atoms with van der Waals surface area (Å²) in [5.74, 6) is -1.10. The van der Waals surface area contributed by atoms with Gasteiger partial charge in [-0.1, -0.05) is 59.3 Å². The summed E-state index contributed by atoms with van der Waals surface area (Å²) >= 11 is 5.90. The van der Waals surface area contributed by atoms with Crippen LogP contribution in [0.2, 0.25) is 5.02 Å². The maximum atomic E-state index is 11.4. The minimum Gasteiger partial charge on any atom is -0.476 e. The number of carboxylic acids is 1. The Morgan fingerprint density at radius 2 is 1.78 bits per heavy atom. The number of halogens is 1. The molecule has 5 nitrogen and oxygen atoms in total. The van der Waals surface area contributed by atoms with Gasteiger partial charge >= 0.3 is 5.97 Å². The molecular formula is C17H14ClN3O2. The van der Waals surface area contributed by atoms with Crippen LogP contribution in [-0.4, -0.2) is 26.1 Å². The number of aromatic carboxylic acids is 1. The summed E-state index contributed by atoms with van der Waals surface area (Å²) < 4.78 is 1.62. The molecule has 0 aliphatic carbocycles. The molecule has 1 heterocycles. The molecule has 0 saturated heterocycles. The molecule has 3 aromatic rings. The number of carboxylic acid groups (broad SMARTS) is 1. The Labute approximate surface area is 138 Å². The minimum atomic E-state index is -1.10. The van der Waals surface area contributed by atoms with Crippen LogP contribution in [0.5, 0.6) is 0 Å². The molecule has 3 rings (SSSR count). The lowest BCUT2D eigenvalue weighted by Gasteiger charge is -2.08. The Hall–Kier alpha value is -2.66. The summed E-state index contributed by atoms with van der Waals surface area (Å²) in [5.41, 5.74) is 2.32. The summed E-state index contributed by atoms with van der Waals surface area (Å²) in [7, 11) is 0. The molecular weight excluding hydrogens is 314 g/mol. The fraction of sp³-hybridized carbons (Fsp3) is 0.118. The summed E-state index contributed by atoms with van der Waals surface area (Å²) in [4.78, 5) is 11.4. The first kappa shape index (κ1) is 15.2. The van der Waals surface area contributed by atoms with E-state index in [0.29, 0.717) is 17.3 Å². The Morgan fingerprint density at radius 3 is 2.43 bits per heavy atom. The molecule has 0 aliphatic rings. The zero-order chi connectivity index (χ0) is 16.2. The van der Waals surface area contributed by atoms with Gasteiger partial charge in [-0.25, -0.2) is 9.48 Å². The molecule has 23 heavy (non-hydrogen) atoms. The fourth-order valence-corrected chi connectivity index (χ4v) is 2.51. The van der Waals surface area contributed by atoms with Crippen LogP contribution < -0.4 is 0 Å². The number of carbonyl (C=O) groups is 1. The second-order valence-corrected chi connectivity index (χ2v) is 5.49. The van der Waals surface area contributed by atoms with Crippen LogP contribution in [-0.2, 0) is 13.0 Å². The lowest BCUT2D eigenvalue weighted by Crippen LogP contribution is -2.07. The molecule has 1 aromatic heterocycles. The van der Waals surface area contributed by atoms with Crippen LogP contribution in [0.25, 0.3) is 11.3 Å². The number of benzene rings is 2. The van der Waals surface area contributed by atoms with Gasteiger partial charge in [0, 0.05) is 17.1 Å². The molecule has 1 N–H and O–H groups in total. The van der Waals surface area contributed by atoms with Gasteiger partial charge in [0.15, 0.2) is 5.69 Å². The van der Waals surface area contributed by atoms with Gasteiger partial charge in [-0.15, -0.1) is 5.10 Å². The molecule has 0 saturated carbocycles. The lowest BCUT2D eigenvalue weighted by molar-refractivity contribution is 0.0691. The molecule has 0 bridgehead atoms. The maximum absolute atomic E-state index is 11.4. The lowest BCUT2D eigenvalue weighted by atomic mass is 10.1. The highest BCUT2D eigenvalue weighted by Crippen LogP contribution is 2.24. The van der Waals surface area contributed by atoms with E-state index < -0.39 is 5.97 Å². The van der Waals surface area contributed by atoms with Crippen molar-refractivity contribution in [3.8, 4) is 11.3 Å². The summed E-state index contributed by atoms with van der Waals surface area (Å²) in [6.45, 7) is 0.544.